The Morgan fingerprint density at radius 1 is 0.613 bits per heavy atom. The van der Waals surface area contributed by atoms with Gasteiger partial charge in [-0.1, -0.05) is 135 Å². The number of aliphatic hydroxyl groups excluding tert-OH is 1. The summed E-state index contributed by atoms with van der Waals surface area (Å²) in [5.74, 6) is 1.24. The first-order valence-corrected chi connectivity index (χ1v) is 14.3. The third-order valence-electron chi connectivity index (χ3n) is 6.90. The van der Waals surface area contributed by atoms with E-state index in [0.29, 0.717) is 0 Å². The summed E-state index contributed by atoms with van der Waals surface area (Å²) in [5, 5.41) is 9.09. The molecule has 0 aliphatic carbocycles. The highest BCUT2D eigenvalue weighted by molar-refractivity contribution is 5.83. The summed E-state index contributed by atoms with van der Waals surface area (Å²) >= 11 is 0. The molecular formula is C28H56N2O. The van der Waals surface area contributed by atoms with Crippen molar-refractivity contribution in [3.8, 4) is 0 Å². The van der Waals surface area contributed by atoms with E-state index in [9.17, 15) is 0 Å². The number of hydrogen-bond donors (Lipinski definition) is 1. The molecule has 1 heterocycles. The molecule has 3 nitrogen and oxygen atoms in total. The van der Waals surface area contributed by atoms with E-state index in [2.05, 4.69) is 16.8 Å². The standard InChI is InChI=1S/C28H56N2O/c1-2-3-4-5-6-7-8-9-10-11-12-13-14-15-16-17-18-19-20-21-22-23-28-29-24-25-30(28)26-27-31/h31H,2-27H2,1H3. The van der Waals surface area contributed by atoms with Crippen molar-refractivity contribution in [2.75, 3.05) is 26.2 Å². The predicted molar refractivity (Wildman–Crippen MR) is 138 cm³/mol. The molecule has 0 bridgehead atoms. The molecule has 184 valence electrons. The number of aliphatic hydroxyl groups is 1. The van der Waals surface area contributed by atoms with E-state index in [4.69, 9.17) is 5.11 Å². The lowest BCUT2D eigenvalue weighted by atomic mass is 10.0. The van der Waals surface area contributed by atoms with Gasteiger partial charge in [0.05, 0.1) is 19.0 Å². The lowest BCUT2D eigenvalue weighted by Gasteiger charge is -2.18. The summed E-state index contributed by atoms with van der Waals surface area (Å²) in [6.45, 7) is 5.24. The third kappa shape index (κ3) is 17.6. The van der Waals surface area contributed by atoms with Crippen molar-refractivity contribution in [3.63, 3.8) is 0 Å². The van der Waals surface area contributed by atoms with Crippen molar-refractivity contribution < 1.29 is 5.11 Å². The normalized spacial score (nSPS) is 13.9. The minimum atomic E-state index is 0.248. The van der Waals surface area contributed by atoms with E-state index in [0.717, 1.165) is 26.1 Å². The topological polar surface area (TPSA) is 35.8 Å². The first kappa shape index (κ1) is 28.5. The van der Waals surface area contributed by atoms with Crippen LogP contribution in [0.4, 0.5) is 0 Å². The molecule has 0 aromatic rings. The van der Waals surface area contributed by atoms with Crippen LogP contribution in [0.1, 0.15) is 148 Å². The Labute approximate surface area is 195 Å². The lowest BCUT2D eigenvalue weighted by Crippen LogP contribution is -2.30. The Morgan fingerprint density at radius 2 is 1.00 bits per heavy atom. The van der Waals surface area contributed by atoms with Crippen molar-refractivity contribution >= 4 is 5.84 Å². The van der Waals surface area contributed by atoms with E-state index in [1.54, 1.807) is 0 Å². The van der Waals surface area contributed by atoms with Gasteiger partial charge in [-0.15, -0.1) is 0 Å². The van der Waals surface area contributed by atoms with Gasteiger partial charge in [-0.05, 0) is 6.42 Å². The highest BCUT2D eigenvalue weighted by Gasteiger charge is 2.14. The Morgan fingerprint density at radius 3 is 1.39 bits per heavy atom. The maximum atomic E-state index is 9.09. The van der Waals surface area contributed by atoms with Crippen LogP contribution in [-0.4, -0.2) is 42.1 Å². The third-order valence-corrected chi connectivity index (χ3v) is 6.90. The number of amidine groups is 1. The number of nitrogens with zero attached hydrogens (tertiary/aromatic N) is 2. The van der Waals surface area contributed by atoms with Crippen molar-refractivity contribution in [2.45, 2.75) is 148 Å². The fourth-order valence-corrected chi connectivity index (χ4v) is 4.84. The number of aliphatic imine (C=N–C) groups is 1. The van der Waals surface area contributed by atoms with E-state index >= 15 is 0 Å². The second-order valence-corrected chi connectivity index (χ2v) is 9.83. The van der Waals surface area contributed by atoms with Crippen LogP contribution in [0.2, 0.25) is 0 Å². The largest absolute Gasteiger partial charge is 0.395 e. The zero-order chi connectivity index (χ0) is 22.2. The zero-order valence-corrected chi connectivity index (χ0v) is 21.2. The van der Waals surface area contributed by atoms with Gasteiger partial charge < -0.3 is 10.0 Å². The SMILES string of the molecule is CCCCCCCCCCCCCCCCCCCCCCCC1=NCCN1CCO. The van der Waals surface area contributed by atoms with Crippen LogP contribution in [0.15, 0.2) is 4.99 Å². The molecule has 1 rings (SSSR count). The van der Waals surface area contributed by atoms with E-state index < -0.39 is 0 Å². The first-order valence-electron chi connectivity index (χ1n) is 14.3. The minimum absolute atomic E-state index is 0.248. The molecule has 0 radical (unpaired) electrons. The molecular weight excluding hydrogens is 380 g/mol. The monoisotopic (exact) mass is 436 g/mol. The molecule has 0 unspecified atom stereocenters. The van der Waals surface area contributed by atoms with Crippen LogP contribution in [0.5, 0.6) is 0 Å². The molecule has 0 aromatic carbocycles. The summed E-state index contributed by atoms with van der Waals surface area (Å²) in [7, 11) is 0. The molecule has 0 fully saturated rings. The average Bonchev–Trinajstić information content (AvgIpc) is 3.22. The van der Waals surface area contributed by atoms with Gasteiger partial charge in [-0.2, -0.15) is 0 Å². The van der Waals surface area contributed by atoms with E-state index in [-0.39, 0.29) is 6.61 Å². The summed E-state index contributed by atoms with van der Waals surface area (Å²) in [6, 6.07) is 0. The smallest absolute Gasteiger partial charge is 0.0991 e. The van der Waals surface area contributed by atoms with E-state index in [1.807, 2.05) is 0 Å². The molecule has 1 aliphatic rings. The van der Waals surface area contributed by atoms with Gasteiger partial charge in [-0.3, -0.25) is 4.99 Å². The summed E-state index contributed by atoms with van der Waals surface area (Å²) < 4.78 is 0. The molecule has 1 aliphatic heterocycles. The van der Waals surface area contributed by atoms with Gasteiger partial charge in [0.25, 0.3) is 0 Å². The summed E-state index contributed by atoms with van der Waals surface area (Å²) in [4.78, 5) is 6.85. The molecule has 0 saturated carbocycles. The summed E-state index contributed by atoms with van der Waals surface area (Å²) in [5.41, 5.74) is 0. The van der Waals surface area contributed by atoms with Gasteiger partial charge in [0.2, 0.25) is 0 Å². The molecule has 0 aromatic heterocycles. The number of rotatable bonds is 24. The van der Waals surface area contributed by atoms with Crippen molar-refractivity contribution in [1.29, 1.82) is 0 Å². The Kier molecular flexibility index (Phi) is 20.8. The molecule has 0 atom stereocenters. The van der Waals surface area contributed by atoms with Crippen molar-refractivity contribution in [1.82, 2.24) is 4.90 Å². The number of β-amino-alcohol motifs (C(OH)–C–C–N with tert-alkyl or cyclic N) is 1. The van der Waals surface area contributed by atoms with Gasteiger partial charge in [-0.25, -0.2) is 0 Å². The first-order chi connectivity index (χ1) is 15.4. The summed E-state index contributed by atoms with van der Waals surface area (Å²) in [6.07, 6.45) is 31.2. The number of unbranched alkanes of at least 4 members (excludes halogenated alkanes) is 20. The molecule has 1 N–H and O–H groups in total. The van der Waals surface area contributed by atoms with Crippen molar-refractivity contribution in [2.24, 2.45) is 4.99 Å². The fourth-order valence-electron chi connectivity index (χ4n) is 4.84. The van der Waals surface area contributed by atoms with Crippen LogP contribution < -0.4 is 0 Å². The highest BCUT2D eigenvalue weighted by atomic mass is 16.3. The van der Waals surface area contributed by atoms with Crippen molar-refractivity contribution in [3.05, 3.63) is 0 Å². The average molecular weight is 437 g/mol. The Bertz CT molecular complexity index is 396. The highest BCUT2D eigenvalue weighted by Crippen LogP contribution is 2.16. The van der Waals surface area contributed by atoms with Crippen LogP contribution in [0.25, 0.3) is 0 Å². The van der Waals surface area contributed by atoms with E-state index in [1.165, 1.54) is 141 Å². The quantitative estimate of drug-likeness (QED) is 0.154. The maximum Gasteiger partial charge on any atom is 0.0991 e. The second kappa shape index (κ2) is 22.6. The molecule has 0 saturated heterocycles. The molecule has 3 heteroatoms. The second-order valence-electron chi connectivity index (χ2n) is 9.83. The van der Waals surface area contributed by atoms with Crippen LogP contribution in [-0.2, 0) is 0 Å². The fraction of sp³-hybridized carbons (Fsp3) is 0.964. The lowest BCUT2D eigenvalue weighted by molar-refractivity contribution is 0.255. The Balaban J connectivity index is 1.69. The minimum Gasteiger partial charge on any atom is -0.395 e. The number of hydrogen-bond acceptors (Lipinski definition) is 3. The molecule has 0 amide bonds. The maximum absolute atomic E-state index is 9.09. The van der Waals surface area contributed by atoms with Gasteiger partial charge in [0.15, 0.2) is 0 Å². The molecule has 31 heavy (non-hydrogen) atoms. The van der Waals surface area contributed by atoms with Crippen LogP contribution in [0.3, 0.4) is 0 Å². The molecule has 0 spiro atoms. The van der Waals surface area contributed by atoms with Gasteiger partial charge in [0.1, 0.15) is 0 Å². The van der Waals surface area contributed by atoms with Gasteiger partial charge >= 0.3 is 0 Å². The predicted octanol–water partition coefficient (Wildman–Crippen LogP) is 8.29. The zero-order valence-electron chi connectivity index (χ0n) is 21.2. The van der Waals surface area contributed by atoms with Gasteiger partial charge in [0, 0.05) is 19.5 Å². The Hall–Kier alpha value is -0.570. The van der Waals surface area contributed by atoms with Crippen LogP contribution in [0, 0.1) is 0 Å². The van der Waals surface area contributed by atoms with Crippen LogP contribution >= 0.6 is 0 Å².